The lowest BCUT2D eigenvalue weighted by Crippen LogP contribution is -2.21. The summed E-state index contributed by atoms with van der Waals surface area (Å²) in [5.41, 5.74) is 2.17. The van der Waals surface area contributed by atoms with Crippen molar-refractivity contribution in [2.45, 2.75) is 13.5 Å². The van der Waals surface area contributed by atoms with Crippen LogP contribution in [-0.2, 0) is 6.54 Å². The highest BCUT2D eigenvalue weighted by atomic mass is 32.1. The van der Waals surface area contributed by atoms with Crippen molar-refractivity contribution in [3.63, 3.8) is 0 Å². The first kappa shape index (κ1) is 14.4. The molecule has 0 bridgehead atoms. The van der Waals surface area contributed by atoms with Crippen LogP contribution in [0.15, 0.2) is 47.8 Å². The van der Waals surface area contributed by atoms with E-state index in [4.69, 9.17) is 4.98 Å². The maximum absolute atomic E-state index is 12.3. The van der Waals surface area contributed by atoms with Gasteiger partial charge in [0.15, 0.2) is 0 Å². The topological polar surface area (TPSA) is 42.0 Å². The molecule has 4 aromatic rings. The molecule has 1 aromatic carbocycles. The number of thiophene rings is 2. The molecule has 0 fully saturated rings. The maximum Gasteiger partial charge on any atom is 0.261 e. The van der Waals surface area contributed by atoms with Crippen LogP contribution in [0.1, 0.15) is 20.1 Å². The van der Waals surface area contributed by atoms with Gasteiger partial charge in [-0.2, -0.15) is 0 Å². The minimum absolute atomic E-state index is 0.0402. The van der Waals surface area contributed by atoms with Crippen molar-refractivity contribution in [1.82, 2.24) is 10.3 Å². The van der Waals surface area contributed by atoms with Crippen LogP contribution < -0.4 is 5.32 Å². The summed E-state index contributed by atoms with van der Waals surface area (Å²) in [5.74, 6) is -0.0402. The van der Waals surface area contributed by atoms with Crippen molar-refractivity contribution in [2.75, 3.05) is 0 Å². The van der Waals surface area contributed by atoms with Crippen molar-refractivity contribution in [3.05, 3.63) is 63.2 Å². The number of pyridine rings is 1. The summed E-state index contributed by atoms with van der Waals surface area (Å²) in [6, 6.07) is 14.3. The molecule has 0 aliphatic carbocycles. The SMILES string of the molecule is Cc1ccc2cc3cc(C(=O)NCc4cccs4)sc3nc2c1. The van der Waals surface area contributed by atoms with Gasteiger partial charge in [0.1, 0.15) is 4.83 Å². The van der Waals surface area contributed by atoms with E-state index in [2.05, 4.69) is 36.5 Å². The lowest BCUT2D eigenvalue weighted by molar-refractivity contribution is 0.0955. The molecular formula is C18H14N2OS2. The third kappa shape index (κ3) is 2.85. The number of hydrogen-bond acceptors (Lipinski definition) is 4. The zero-order valence-corrected chi connectivity index (χ0v) is 14.1. The molecule has 5 heteroatoms. The Morgan fingerprint density at radius 1 is 1.17 bits per heavy atom. The van der Waals surface area contributed by atoms with Gasteiger partial charge in [-0.05, 0) is 42.1 Å². The Kier molecular flexibility index (Phi) is 3.59. The van der Waals surface area contributed by atoms with Crippen LogP contribution in [0.3, 0.4) is 0 Å². The Balaban J connectivity index is 1.65. The summed E-state index contributed by atoms with van der Waals surface area (Å²) in [6.45, 7) is 2.63. The lowest BCUT2D eigenvalue weighted by Gasteiger charge is -2.00. The van der Waals surface area contributed by atoms with Crippen LogP contribution in [0.2, 0.25) is 0 Å². The van der Waals surface area contributed by atoms with Gasteiger partial charge in [-0.1, -0.05) is 18.2 Å². The summed E-state index contributed by atoms with van der Waals surface area (Å²) in [7, 11) is 0. The molecule has 3 nitrogen and oxygen atoms in total. The van der Waals surface area contributed by atoms with Crippen molar-refractivity contribution in [3.8, 4) is 0 Å². The van der Waals surface area contributed by atoms with E-state index >= 15 is 0 Å². The Morgan fingerprint density at radius 3 is 2.91 bits per heavy atom. The van der Waals surface area contributed by atoms with Gasteiger partial charge < -0.3 is 5.32 Å². The molecule has 1 amide bonds. The lowest BCUT2D eigenvalue weighted by atomic mass is 10.1. The molecule has 0 radical (unpaired) electrons. The summed E-state index contributed by atoms with van der Waals surface area (Å²) in [6.07, 6.45) is 0. The van der Waals surface area contributed by atoms with Gasteiger partial charge in [-0.25, -0.2) is 4.98 Å². The predicted octanol–water partition coefficient (Wildman–Crippen LogP) is 4.75. The fraction of sp³-hybridized carbons (Fsp3) is 0.111. The molecule has 114 valence electrons. The maximum atomic E-state index is 12.3. The van der Waals surface area contributed by atoms with Gasteiger partial charge in [0.2, 0.25) is 0 Å². The molecule has 23 heavy (non-hydrogen) atoms. The number of benzene rings is 1. The third-order valence-corrected chi connectivity index (χ3v) is 5.61. The minimum atomic E-state index is -0.0402. The van der Waals surface area contributed by atoms with Crippen LogP contribution in [-0.4, -0.2) is 10.9 Å². The van der Waals surface area contributed by atoms with Crippen LogP contribution in [0.5, 0.6) is 0 Å². The first-order chi connectivity index (χ1) is 11.2. The molecule has 0 aliphatic rings. The molecule has 0 atom stereocenters. The highest BCUT2D eigenvalue weighted by molar-refractivity contribution is 7.20. The molecule has 3 heterocycles. The molecule has 0 unspecified atom stereocenters. The number of aryl methyl sites for hydroxylation is 1. The molecule has 0 aliphatic heterocycles. The highest BCUT2D eigenvalue weighted by Gasteiger charge is 2.12. The van der Waals surface area contributed by atoms with E-state index in [0.29, 0.717) is 11.4 Å². The predicted molar refractivity (Wildman–Crippen MR) is 97.4 cm³/mol. The summed E-state index contributed by atoms with van der Waals surface area (Å²) in [5, 5.41) is 7.10. The van der Waals surface area contributed by atoms with Gasteiger partial charge in [0.25, 0.3) is 5.91 Å². The van der Waals surface area contributed by atoms with E-state index < -0.39 is 0 Å². The van der Waals surface area contributed by atoms with Crippen LogP contribution >= 0.6 is 22.7 Å². The molecule has 0 saturated carbocycles. The molecule has 0 saturated heterocycles. The van der Waals surface area contributed by atoms with Gasteiger partial charge in [-0.3, -0.25) is 4.79 Å². The number of carbonyl (C=O) groups excluding carboxylic acids is 1. The fourth-order valence-corrected chi connectivity index (χ4v) is 4.10. The number of fused-ring (bicyclic) bond motifs is 2. The van der Waals surface area contributed by atoms with Crippen LogP contribution in [0, 0.1) is 6.92 Å². The molecule has 3 aromatic heterocycles. The summed E-state index contributed by atoms with van der Waals surface area (Å²) >= 11 is 3.09. The number of nitrogens with zero attached hydrogens (tertiary/aromatic N) is 1. The quantitative estimate of drug-likeness (QED) is 0.586. The Labute approximate surface area is 141 Å². The highest BCUT2D eigenvalue weighted by Crippen LogP contribution is 2.28. The number of amides is 1. The first-order valence-corrected chi connectivity index (χ1v) is 9.00. The second kappa shape index (κ2) is 5.76. The average molecular weight is 338 g/mol. The number of hydrogen-bond donors (Lipinski definition) is 1. The molecule has 0 spiro atoms. The Bertz CT molecular complexity index is 1000. The fourth-order valence-electron chi connectivity index (χ4n) is 2.52. The third-order valence-electron chi connectivity index (χ3n) is 3.69. The molecular weight excluding hydrogens is 324 g/mol. The van der Waals surface area contributed by atoms with E-state index in [9.17, 15) is 4.79 Å². The van der Waals surface area contributed by atoms with E-state index in [1.807, 2.05) is 23.6 Å². The van der Waals surface area contributed by atoms with E-state index in [1.165, 1.54) is 16.9 Å². The van der Waals surface area contributed by atoms with Gasteiger partial charge in [-0.15, -0.1) is 22.7 Å². The largest absolute Gasteiger partial charge is 0.346 e. The average Bonchev–Trinajstić information content (AvgIpc) is 3.19. The van der Waals surface area contributed by atoms with Gasteiger partial charge in [0.05, 0.1) is 16.9 Å². The second-order valence-electron chi connectivity index (χ2n) is 5.45. The van der Waals surface area contributed by atoms with Crippen molar-refractivity contribution in [1.29, 1.82) is 0 Å². The first-order valence-electron chi connectivity index (χ1n) is 7.30. The number of aromatic nitrogens is 1. The monoisotopic (exact) mass is 338 g/mol. The van der Waals surface area contributed by atoms with E-state index in [0.717, 1.165) is 26.0 Å². The standard InChI is InChI=1S/C18H14N2OS2/c1-11-4-5-12-8-13-9-16(23-18(13)20-15(12)7-11)17(21)19-10-14-3-2-6-22-14/h2-9H,10H2,1H3,(H,19,21). The van der Waals surface area contributed by atoms with Crippen molar-refractivity contribution >= 4 is 49.7 Å². The molecule has 4 rings (SSSR count). The van der Waals surface area contributed by atoms with Crippen LogP contribution in [0.25, 0.3) is 21.1 Å². The van der Waals surface area contributed by atoms with E-state index in [-0.39, 0.29) is 5.91 Å². The number of carbonyl (C=O) groups is 1. The van der Waals surface area contributed by atoms with Crippen molar-refractivity contribution < 1.29 is 4.79 Å². The zero-order valence-electron chi connectivity index (χ0n) is 12.5. The van der Waals surface area contributed by atoms with Crippen molar-refractivity contribution in [2.24, 2.45) is 0 Å². The number of nitrogens with one attached hydrogen (secondary N) is 1. The minimum Gasteiger partial charge on any atom is -0.346 e. The second-order valence-corrected chi connectivity index (χ2v) is 7.51. The molecule has 1 N–H and O–H groups in total. The van der Waals surface area contributed by atoms with Gasteiger partial charge in [0, 0.05) is 15.6 Å². The summed E-state index contributed by atoms with van der Waals surface area (Å²) in [4.78, 5) is 19.8. The number of rotatable bonds is 3. The smallest absolute Gasteiger partial charge is 0.261 e. The Hall–Kier alpha value is -2.24. The van der Waals surface area contributed by atoms with Gasteiger partial charge >= 0.3 is 0 Å². The zero-order chi connectivity index (χ0) is 15.8. The Morgan fingerprint density at radius 2 is 2.09 bits per heavy atom. The van der Waals surface area contributed by atoms with Crippen LogP contribution in [0.4, 0.5) is 0 Å². The van der Waals surface area contributed by atoms with E-state index in [1.54, 1.807) is 11.3 Å². The normalized spacial score (nSPS) is 11.2. The summed E-state index contributed by atoms with van der Waals surface area (Å²) < 4.78 is 0.